The molecule has 118 valence electrons. The number of nitrogens with zero attached hydrogens (tertiary/aromatic N) is 1. The SMILES string of the molecule is Cc1sc(Br)cc1S(=O)(=O)N1CCCC1C1CCCC1O. The summed E-state index contributed by atoms with van der Waals surface area (Å²) in [7, 11) is -3.46. The van der Waals surface area contributed by atoms with E-state index in [2.05, 4.69) is 15.9 Å². The molecule has 0 radical (unpaired) electrons. The molecule has 1 saturated carbocycles. The fourth-order valence-corrected chi connectivity index (χ4v) is 7.85. The summed E-state index contributed by atoms with van der Waals surface area (Å²) >= 11 is 4.82. The lowest BCUT2D eigenvalue weighted by Gasteiger charge is -2.30. The summed E-state index contributed by atoms with van der Waals surface area (Å²) in [6.07, 6.45) is 4.14. The van der Waals surface area contributed by atoms with Crippen molar-refractivity contribution in [1.82, 2.24) is 4.31 Å². The lowest BCUT2D eigenvalue weighted by Crippen LogP contribution is -2.42. The van der Waals surface area contributed by atoms with E-state index in [1.807, 2.05) is 6.92 Å². The Bertz CT molecular complexity index is 628. The molecule has 0 aromatic carbocycles. The number of hydrogen-bond acceptors (Lipinski definition) is 4. The number of aliphatic hydroxyl groups is 1. The first-order valence-electron chi connectivity index (χ1n) is 7.37. The number of hydrogen-bond donors (Lipinski definition) is 1. The van der Waals surface area contributed by atoms with E-state index in [-0.39, 0.29) is 18.1 Å². The molecule has 2 heterocycles. The largest absolute Gasteiger partial charge is 0.393 e. The highest BCUT2D eigenvalue weighted by atomic mass is 79.9. The molecule has 1 aromatic heterocycles. The van der Waals surface area contributed by atoms with E-state index in [0.29, 0.717) is 11.4 Å². The minimum atomic E-state index is -3.46. The molecule has 1 saturated heterocycles. The van der Waals surface area contributed by atoms with Gasteiger partial charge in [-0.1, -0.05) is 6.42 Å². The number of rotatable bonds is 3. The maximum atomic E-state index is 13.0. The lowest BCUT2D eigenvalue weighted by atomic mass is 9.95. The Kier molecular flexibility index (Phi) is 4.49. The molecule has 3 unspecified atom stereocenters. The molecule has 4 nitrogen and oxygen atoms in total. The zero-order valence-electron chi connectivity index (χ0n) is 12.0. The monoisotopic (exact) mass is 393 g/mol. The molecular weight excluding hydrogens is 374 g/mol. The van der Waals surface area contributed by atoms with E-state index in [1.54, 1.807) is 10.4 Å². The van der Waals surface area contributed by atoms with Crippen molar-refractivity contribution >= 4 is 37.3 Å². The first-order valence-corrected chi connectivity index (χ1v) is 10.4. The van der Waals surface area contributed by atoms with E-state index in [4.69, 9.17) is 0 Å². The van der Waals surface area contributed by atoms with Gasteiger partial charge < -0.3 is 5.11 Å². The predicted molar refractivity (Wildman–Crippen MR) is 87.0 cm³/mol. The Morgan fingerprint density at radius 1 is 1.33 bits per heavy atom. The molecule has 1 aliphatic heterocycles. The smallest absolute Gasteiger partial charge is 0.244 e. The summed E-state index contributed by atoms with van der Waals surface area (Å²) in [6, 6.07) is 1.67. The van der Waals surface area contributed by atoms with Crippen LogP contribution in [0.25, 0.3) is 0 Å². The summed E-state index contributed by atoms with van der Waals surface area (Å²) in [5, 5.41) is 10.1. The Hall–Kier alpha value is 0.0500. The number of sulfonamides is 1. The Labute approximate surface area is 138 Å². The number of aliphatic hydroxyl groups excluding tert-OH is 1. The summed E-state index contributed by atoms with van der Waals surface area (Å²) in [6.45, 7) is 2.42. The van der Waals surface area contributed by atoms with Crippen molar-refractivity contribution in [2.45, 2.75) is 56.1 Å². The molecule has 2 fully saturated rings. The molecule has 21 heavy (non-hydrogen) atoms. The molecule has 2 aliphatic rings. The summed E-state index contributed by atoms with van der Waals surface area (Å²) in [5.74, 6) is 0.102. The van der Waals surface area contributed by atoms with E-state index in [1.165, 1.54) is 11.3 Å². The van der Waals surface area contributed by atoms with Crippen molar-refractivity contribution in [3.05, 3.63) is 14.7 Å². The van der Waals surface area contributed by atoms with Crippen molar-refractivity contribution < 1.29 is 13.5 Å². The summed E-state index contributed by atoms with van der Waals surface area (Å²) in [4.78, 5) is 1.23. The third-order valence-electron chi connectivity index (χ3n) is 4.70. The van der Waals surface area contributed by atoms with Crippen molar-refractivity contribution in [2.24, 2.45) is 5.92 Å². The van der Waals surface area contributed by atoms with Crippen molar-refractivity contribution in [1.29, 1.82) is 0 Å². The molecule has 0 amide bonds. The van der Waals surface area contributed by atoms with Gasteiger partial charge in [0, 0.05) is 23.4 Å². The number of halogens is 1. The van der Waals surface area contributed by atoms with Gasteiger partial charge in [-0.3, -0.25) is 0 Å². The van der Waals surface area contributed by atoms with Gasteiger partial charge in [-0.25, -0.2) is 8.42 Å². The van der Waals surface area contributed by atoms with Crippen LogP contribution in [0.3, 0.4) is 0 Å². The van der Waals surface area contributed by atoms with Gasteiger partial charge in [0.1, 0.15) is 0 Å². The third-order valence-corrected chi connectivity index (χ3v) is 8.44. The number of thiophene rings is 1. The normalized spacial score (nSPS) is 31.1. The van der Waals surface area contributed by atoms with Gasteiger partial charge in [0.05, 0.1) is 14.8 Å². The highest BCUT2D eigenvalue weighted by molar-refractivity contribution is 9.11. The molecule has 7 heteroatoms. The lowest BCUT2D eigenvalue weighted by molar-refractivity contribution is 0.0975. The van der Waals surface area contributed by atoms with Gasteiger partial charge in [0.15, 0.2) is 0 Å². The third kappa shape index (κ3) is 2.83. The van der Waals surface area contributed by atoms with Gasteiger partial charge in [-0.2, -0.15) is 4.31 Å². The summed E-state index contributed by atoms with van der Waals surface area (Å²) < 4.78 is 28.4. The first-order chi connectivity index (χ1) is 9.91. The quantitative estimate of drug-likeness (QED) is 0.857. The van der Waals surface area contributed by atoms with Crippen LogP contribution in [-0.2, 0) is 10.0 Å². The predicted octanol–water partition coefficient (Wildman–Crippen LogP) is 3.13. The molecular formula is C14H20BrNO3S2. The molecule has 0 spiro atoms. The minimum Gasteiger partial charge on any atom is -0.393 e. The minimum absolute atomic E-state index is 0.0365. The van der Waals surface area contributed by atoms with Crippen LogP contribution in [0.4, 0.5) is 0 Å². The van der Waals surface area contributed by atoms with Crippen molar-refractivity contribution in [3.63, 3.8) is 0 Å². The molecule has 1 aromatic rings. The second kappa shape index (κ2) is 5.92. The zero-order chi connectivity index (χ0) is 15.2. The Balaban J connectivity index is 1.92. The van der Waals surface area contributed by atoms with Crippen LogP contribution in [0.15, 0.2) is 14.7 Å². The van der Waals surface area contributed by atoms with Gasteiger partial charge in [-0.05, 0) is 54.6 Å². The second-order valence-electron chi connectivity index (χ2n) is 5.96. The van der Waals surface area contributed by atoms with Crippen molar-refractivity contribution in [2.75, 3.05) is 6.54 Å². The molecule has 1 N–H and O–H groups in total. The topological polar surface area (TPSA) is 57.6 Å². The van der Waals surface area contributed by atoms with E-state index in [9.17, 15) is 13.5 Å². The maximum Gasteiger partial charge on any atom is 0.244 e. The van der Waals surface area contributed by atoms with E-state index in [0.717, 1.165) is 40.8 Å². The molecule has 3 atom stereocenters. The van der Waals surface area contributed by atoms with Gasteiger partial charge in [-0.15, -0.1) is 11.3 Å². The Morgan fingerprint density at radius 2 is 2.10 bits per heavy atom. The van der Waals surface area contributed by atoms with E-state index >= 15 is 0 Å². The van der Waals surface area contributed by atoms with Crippen LogP contribution in [-0.4, -0.2) is 36.5 Å². The van der Waals surface area contributed by atoms with Crippen LogP contribution in [0.5, 0.6) is 0 Å². The standard InChI is InChI=1S/C14H20BrNO3S2/c1-9-13(8-14(15)20-9)21(18,19)16-7-3-5-11(16)10-4-2-6-12(10)17/h8,10-12,17H,2-7H2,1H3. The van der Waals surface area contributed by atoms with Gasteiger partial charge >= 0.3 is 0 Å². The van der Waals surface area contributed by atoms with Crippen LogP contribution in [0.1, 0.15) is 37.0 Å². The van der Waals surface area contributed by atoms with Crippen molar-refractivity contribution in [3.8, 4) is 0 Å². The first kappa shape index (κ1) is 15.9. The fraction of sp³-hybridized carbons (Fsp3) is 0.714. The van der Waals surface area contributed by atoms with Gasteiger partial charge in [0.2, 0.25) is 10.0 Å². The van der Waals surface area contributed by atoms with Crippen LogP contribution in [0.2, 0.25) is 0 Å². The summed E-state index contributed by atoms with van der Waals surface area (Å²) in [5.41, 5.74) is 0. The van der Waals surface area contributed by atoms with E-state index < -0.39 is 10.0 Å². The fourth-order valence-electron chi connectivity index (χ4n) is 3.72. The highest BCUT2D eigenvalue weighted by Crippen LogP contribution is 2.40. The highest BCUT2D eigenvalue weighted by Gasteiger charge is 2.44. The average molecular weight is 394 g/mol. The molecule has 0 bridgehead atoms. The maximum absolute atomic E-state index is 13.0. The van der Waals surface area contributed by atoms with Crippen LogP contribution < -0.4 is 0 Å². The van der Waals surface area contributed by atoms with Gasteiger partial charge in [0.25, 0.3) is 0 Å². The molecule has 1 aliphatic carbocycles. The second-order valence-corrected chi connectivity index (χ2v) is 10.5. The average Bonchev–Trinajstić information content (AvgIpc) is 3.08. The van der Waals surface area contributed by atoms with Crippen LogP contribution in [0, 0.1) is 12.8 Å². The zero-order valence-corrected chi connectivity index (χ0v) is 15.2. The number of aryl methyl sites for hydroxylation is 1. The van der Waals surface area contributed by atoms with Crippen LogP contribution >= 0.6 is 27.3 Å². The Morgan fingerprint density at radius 3 is 2.67 bits per heavy atom. The molecule has 3 rings (SSSR count).